The lowest BCUT2D eigenvalue weighted by molar-refractivity contribution is 0.104. The van der Waals surface area contributed by atoms with Gasteiger partial charge in [-0.1, -0.05) is 38.0 Å². The van der Waals surface area contributed by atoms with Gasteiger partial charge >= 0.3 is 0 Å². The highest BCUT2D eigenvalue weighted by Gasteiger charge is 2.11. The molecule has 0 aliphatic carbocycles. The van der Waals surface area contributed by atoms with Crippen LogP contribution in [0.5, 0.6) is 17.2 Å². The Morgan fingerprint density at radius 2 is 1.69 bits per heavy atom. The van der Waals surface area contributed by atoms with E-state index in [-0.39, 0.29) is 5.78 Å². The third-order valence-electron chi connectivity index (χ3n) is 4.00. The van der Waals surface area contributed by atoms with Crippen LogP contribution in [0, 0.1) is 0 Å². The standard InChI is InChI=1S/C22H26O4/c1-4-5-6-15-26-18-10-7-17(8-11-18)9-13-21(23)20-16-19(24-2)12-14-22(20)25-3/h7-14,16H,4-6,15H2,1-3H3/b13-9+. The van der Waals surface area contributed by atoms with E-state index in [1.54, 1.807) is 38.5 Å². The summed E-state index contributed by atoms with van der Waals surface area (Å²) in [4.78, 5) is 12.5. The molecule has 0 saturated carbocycles. The van der Waals surface area contributed by atoms with Gasteiger partial charge in [-0.05, 0) is 48.4 Å². The van der Waals surface area contributed by atoms with E-state index in [1.807, 2.05) is 24.3 Å². The summed E-state index contributed by atoms with van der Waals surface area (Å²) in [6.07, 6.45) is 6.74. The van der Waals surface area contributed by atoms with Gasteiger partial charge in [-0.15, -0.1) is 0 Å². The van der Waals surface area contributed by atoms with E-state index in [0.29, 0.717) is 17.1 Å². The number of ether oxygens (including phenoxy) is 3. The first-order valence-corrected chi connectivity index (χ1v) is 8.85. The molecule has 0 aliphatic rings. The van der Waals surface area contributed by atoms with Crippen LogP contribution in [0.15, 0.2) is 48.5 Å². The molecule has 0 aromatic heterocycles. The van der Waals surface area contributed by atoms with E-state index in [4.69, 9.17) is 14.2 Å². The van der Waals surface area contributed by atoms with Crippen molar-refractivity contribution in [2.75, 3.05) is 20.8 Å². The zero-order chi connectivity index (χ0) is 18.8. The van der Waals surface area contributed by atoms with Gasteiger partial charge in [-0.3, -0.25) is 4.79 Å². The van der Waals surface area contributed by atoms with Gasteiger partial charge in [0, 0.05) is 0 Å². The first-order valence-electron chi connectivity index (χ1n) is 8.85. The number of rotatable bonds is 10. The molecule has 26 heavy (non-hydrogen) atoms. The van der Waals surface area contributed by atoms with Crippen LogP contribution < -0.4 is 14.2 Å². The van der Waals surface area contributed by atoms with Crippen LogP contribution in [0.1, 0.15) is 42.1 Å². The van der Waals surface area contributed by atoms with Crippen LogP contribution in [-0.2, 0) is 0 Å². The fourth-order valence-electron chi connectivity index (χ4n) is 2.49. The zero-order valence-electron chi connectivity index (χ0n) is 15.7. The minimum absolute atomic E-state index is 0.138. The summed E-state index contributed by atoms with van der Waals surface area (Å²) in [5, 5.41) is 0. The highest BCUT2D eigenvalue weighted by molar-refractivity contribution is 6.08. The largest absolute Gasteiger partial charge is 0.497 e. The predicted octanol–water partition coefficient (Wildman–Crippen LogP) is 5.17. The lowest BCUT2D eigenvalue weighted by Gasteiger charge is -2.08. The molecule has 0 bridgehead atoms. The second-order valence-corrected chi connectivity index (χ2v) is 5.89. The predicted molar refractivity (Wildman–Crippen MR) is 104 cm³/mol. The number of allylic oxidation sites excluding steroid dienone is 1. The fourth-order valence-corrected chi connectivity index (χ4v) is 2.49. The molecule has 0 amide bonds. The van der Waals surface area contributed by atoms with Crippen molar-refractivity contribution in [3.05, 3.63) is 59.7 Å². The molecule has 0 atom stereocenters. The smallest absolute Gasteiger partial charge is 0.189 e. The SMILES string of the molecule is CCCCCOc1ccc(/C=C/C(=O)c2cc(OC)ccc2OC)cc1. The maximum atomic E-state index is 12.5. The van der Waals surface area contributed by atoms with Gasteiger partial charge in [0.05, 0.1) is 26.4 Å². The first-order chi connectivity index (χ1) is 12.7. The molecule has 2 rings (SSSR count). The van der Waals surface area contributed by atoms with E-state index < -0.39 is 0 Å². The van der Waals surface area contributed by atoms with E-state index in [2.05, 4.69) is 6.92 Å². The van der Waals surface area contributed by atoms with Crippen molar-refractivity contribution in [3.63, 3.8) is 0 Å². The molecule has 2 aromatic carbocycles. The van der Waals surface area contributed by atoms with E-state index in [0.717, 1.165) is 24.3 Å². The molecule has 0 radical (unpaired) electrons. The molecule has 0 fully saturated rings. The average Bonchev–Trinajstić information content (AvgIpc) is 2.69. The van der Waals surface area contributed by atoms with Crippen LogP contribution in [0.3, 0.4) is 0 Å². The summed E-state index contributed by atoms with van der Waals surface area (Å²) >= 11 is 0. The molecule has 0 spiro atoms. The lowest BCUT2D eigenvalue weighted by atomic mass is 10.1. The van der Waals surface area contributed by atoms with E-state index >= 15 is 0 Å². The monoisotopic (exact) mass is 354 g/mol. The Balaban J connectivity index is 2.01. The Morgan fingerprint density at radius 1 is 0.962 bits per heavy atom. The van der Waals surface area contributed by atoms with Crippen LogP contribution in [0.2, 0.25) is 0 Å². The number of carbonyl (C=O) groups excluding carboxylic acids is 1. The second kappa shape index (κ2) is 10.3. The Labute approximate surface area is 155 Å². The molecular weight excluding hydrogens is 328 g/mol. The first kappa shape index (κ1) is 19.6. The Kier molecular flexibility index (Phi) is 7.75. The number of hydrogen-bond acceptors (Lipinski definition) is 4. The molecule has 0 N–H and O–H groups in total. The van der Waals surface area contributed by atoms with Gasteiger partial charge in [0.2, 0.25) is 0 Å². The number of carbonyl (C=O) groups is 1. The highest BCUT2D eigenvalue weighted by atomic mass is 16.5. The molecule has 4 heteroatoms. The van der Waals surface area contributed by atoms with Crippen molar-refractivity contribution in [2.24, 2.45) is 0 Å². The molecular formula is C22H26O4. The zero-order valence-corrected chi connectivity index (χ0v) is 15.7. The van der Waals surface area contributed by atoms with Crippen LogP contribution in [0.4, 0.5) is 0 Å². The van der Waals surface area contributed by atoms with Crippen LogP contribution in [0.25, 0.3) is 6.08 Å². The van der Waals surface area contributed by atoms with Crippen LogP contribution in [-0.4, -0.2) is 26.6 Å². The Hall–Kier alpha value is -2.75. The number of methoxy groups -OCH3 is 2. The van der Waals surface area contributed by atoms with Crippen molar-refractivity contribution < 1.29 is 19.0 Å². The molecule has 4 nitrogen and oxygen atoms in total. The molecule has 0 aliphatic heterocycles. The molecule has 138 valence electrons. The third-order valence-corrected chi connectivity index (χ3v) is 4.00. The molecule has 0 saturated heterocycles. The van der Waals surface area contributed by atoms with Gasteiger partial charge in [0.1, 0.15) is 17.2 Å². The number of unbranched alkanes of at least 4 members (excludes halogenated alkanes) is 2. The summed E-state index contributed by atoms with van der Waals surface area (Å²) in [5.41, 5.74) is 1.40. The van der Waals surface area contributed by atoms with Gasteiger partial charge < -0.3 is 14.2 Å². The quantitative estimate of drug-likeness (QED) is 0.335. The highest BCUT2D eigenvalue weighted by Crippen LogP contribution is 2.25. The van der Waals surface area contributed by atoms with E-state index in [1.165, 1.54) is 18.9 Å². The number of benzene rings is 2. The van der Waals surface area contributed by atoms with Crippen molar-refractivity contribution in [1.82, 2.24) is 0 Å². The van der Waals surface area contributed by atoms with Gasteiger partial charge in [0.15, 0.2) is 5.78 Å². The van der Waals surface area contributed by atoms with Crippen molar-refractivity contribution in [3.8, 4) is 17.2 Å². The molecule has 2 aromatic rings. The summed E-state index contributed by atoms with van der Waals surface area (Å²) in [6.45, 7) is 2.90. The maximum Gasteiger partial charge on any atom is 0.189 e. The minimum Gasteiger partial charge on any atom is -0.497 e. The minimum atomic E-state index is -0.138. The third kappa shape index (κ3) is 5.66. The van der Waals surface area contributed by atoms with Gasteiger partial charge in [-0.25, -0.2) is 0 Å². The van der Waals surface area contributed by atoms with Crippen LogP contribution >= 0.6 is 0 Å². The number of ketones is 1. The normalized spacial score (nSPS) is 10.7. The Morgan fingerprint density at radius 3 is 2.35 bits per heavy atom. The molecule has 0 unspecified atom stereocenters. The lowest BCUT2D eigenvalue weighted by Crippen LogP contribution is -2.00. The van der Waals surface area contributed by atoms with Gasteiger partial charge in [-0.2, -0.15) is 0 Å². The topological polar surface area (TPSA) is 44.8 Å². The van der Waals surface area contributed by atoms with Crippen molar-refractivity contribution >= 4 is 11.9 Å². The maximum absolute atomic E-state index is 12.5. The second-order valence-electron chi connectivity index (χ2n) is 5.89. The van der Waals surface area contributed by atoms with Crippen molar-refractivity contribution in [1.29, 1.82) is 0 Å². The summed E-state index contributed by atoms with van der Waals surface area (Å²) < 4.78 is 16.1. The average molecular weight is 354 g/mol. The van der Waals surface area contributed by atoms with Crippen molar-refractivity contribution in [2.45, 2.75) is 26.2 Å². The summed E-state index contributed by atoms with van der Waals surface area (Å²) in [7, 11) is 3.11. The summed E-state index contributed by atoms with van der Waals surface area (Å²) in [6, 6.07) is 12.9. The van der Waals surface area contributed by atoms with E-state index in [9.17, 15) is 4.79 Å². The fraction of sp³-hybridized carbons (Fsp3) is 0.318. The van der Waals surface area contributed by atoms with Gasteiger partial charge in [0.25, 0.3) is 0 Å². The number of hydrogen-bond donors (Lipinski definition) is 0. The summed E-state index contributed by atoms with van der Waals surface area (Å²) in [5.74, 6) is 1.85. The molecule has 0 heterocycles. The Bertz CT molecular complexity index is 732.